The Hall–Kier alpha value is -1.66. The van der Waals surface area contributed by atoms with Crippen LogP contribution in [0.4, 0.5) is 0 Å². The van der Waals surface area contributed by atoms with Crippen molar-refractivity contribution >= 4 is 27.5 Å². The van der Waals surface area contributed by atoms with Gasteiger partial charge in [0, 0.05) is 33.2 Å². The number of hydrogen-bond donors (Lipinski definition) is 2. The molecule has 1 aromatic carbocycles. The summed E-state index contributed by atoms with van der Waals surface area (Å²) in [4.78, 5) is 8.87. The molecule has 2 rings (SSSR count). The highest BCUT2D eigenvalue weighted by Crippen LogP contribution is 2.22. The van der Waals surface area contributed by atoms with Gasteiger partial charge in [0.1, 0.15) is 0 Å². The van der Waals surface area contributed by atoms with Crippen LogP contribution in [0.15, 0.2) is 29.3 Å². The Bertz CT molecular complexity index is 578. The fourth-order valence-corrected chi connectivity index (χ4v) is 3.20. The molecule has 0 spiro atoms. The summed E-state index contributed by atoms with van der Waals surface area (Å²) >= 11 is 1.78. The van der Waals surface area contributed by atoms with Crippen LogP contribution < -0.4 is 10.6 Å². The zero-order valence-corrected chi connectivity index (χ0v) is 14.2. The molecule has 0 aliphatic heterocycles. The molecule has 2 N–H and O–H groups in total. The van der Waals surface area contributed by atoms with E-state index >= 15 is 0 Å². The number of para-hydroxylation sites is 1. The second-order valence-corrected chi connectivity index (χ2v) is 6.29. The van der Waals surface area contributed by atoms with Crippen molar-refractivity contribution in [2.75, 3.05) is 27.3 Å². The van der Waals surface area contributed by atoms with Crippen LogP contribution in [-0.2, 0) is 11.2 Å². The van der Waals surface area contributed by atoms with Gasteiger partial charge in [-0.15, -0.1) is 11.3 Å². The Labute approximate surface area is 135 Å². The molecule has 1 unspecified atom stereocenters. The van der Waals surface area contributed by atoms with Gasteiger partial charge in [-0.05, 0) is 25.5 Å². The standard InChI is InChI=1S/C16H24N4OS/c1-12(11-21-3)19-16(17-2)18-10-6-9-15-20-13-7-4-5-8-14(13)22-15/h4-5,7-8,12H,6,9-11H2,1-3H3,(H2,17,18,19). The number of nitrogens with one attached hydrogen (secondary N) is 2. The van der Waals surface area contributed by atoms with Gasteiger partial charge in [0.2, 0.25) is 0 Å². The van der Waals surface area contributed by atoms with Crippen LogP contribution in [0.3, 0.4) is 0 Å². The highest BCUT2D eigenvalue weighted by Gasteiger charge is 2.05. The number of benzene rings is 1. The van der Waals surface area contributed by atoms with E-state index < -0.39 is 0 Å². The number of aryl methyl sites for hydroxylation is 1. The number of methoxy groups -OCH3 is 1. The number of ether oxygens (including phenoxy) is 1. The highest BCUT2D eigenvalue weighted by atomic mass is 32.1. The van der Waals surface area contributed by atoms with Crippen molar-refractivity contribution in [3.63, 3.8) is 0 Å². The fraction of sp³-hybridized carbons (Fsp3) is 0.500. The smallest absolute Gasteiger partial charge is 0.191 e. The Morgan fingerprint density at radius 3 is 2.95 bits per heavy atom. The maximum absolute atomic E-state index is 5.11. The van der Waals surface area contributed by atoms with Gasteiger partial charge in [0.05, 0.1) is 21.8 Å². The lowest BCUT2D eigenvalue weighted by Gasteiger charge is -2.16. The summed E-state index contributed by atoms with van der Waals surface area (Å²) in [5, 5.41) is 7.80. The van der Waals surface area contributed by atoms with Gasteiger partial charge >= 0.3 is 0 Å². The summed E-state index contributed by atoms with van der Waals surface area (Å²) in [5.74, 6) is 0.814. The van der Waals surface area contributed by atoms with E-state index in [0.717, 1.165) is 30.9 Å². The number of aliphatic imine (C=N–C) groups is 1. The molecule has 1 atom stereocenters. The molecule has 0 amide bonds. The summed E-state index contributed by atoms with van der Waals surface area (Å²) < 4.78 is 6.37. The van der Waals surface area contributed by atoms with Crippen LogP contribution in [0.2, 0.25) is 0 Å². The van der Waals surface area contributed by atoms with E-state index in [1.165, 1.54) is 9.71 Å². The number of hydrogen-bond acceptors (Lipinski definition) is 4. The number of fused-ring (bicyclic) bond motifs is 1. The van der Waals surface area contributed by atoms with Crippen LogP contribution in [0.25, 0.3) is 10.2 Å². The first-order valence-electron chi connectivity index (χ1n) is 7.53. The molecular formula is C16H24N4OS. The molecule has 0 bridgehead atoms. The minimum Gasteiger partial charge on any atom is -0.383 e. The summed E-state index contributed by atoms with van der Waals surface area (Å²) in [5.41, 5.74) is 1.10. The number of guanidine groups is 1. The van der Waals surface area contributed by atoms with Crippen molar-refractivity contribution in [2.45, 2.75) is 25.8 Å². The van der Waals surface area contributed by atoms with Crippen molar-refractivity contribution < 1.29 is 4.74 Å². The zero-order chi connectivity index (χ0) is 15.8. The summed E-state index contributed by atoms with van der Waals surface area (Å²) in [6, 6.07) is 8.52. The first kappa shape index (κ1) is 16.7. The van der Waals surface area contributed by atoms with Crippen molar-refractivity contribution in [3.05, 3.63) is 29.3 Å². The predicted molar refractivity (Wildman–Crippen MR) is 93.8 cm³/mol. The SMILES string of the molecule is CN=C(NCCCc1nc2ccccc2s1)NC(C)COC. The van der Waals surface area contributed by atoms with Gasteiger partial charge < -0.3 is 15.4 Å². The third-order valence-electron chi connectivity index (χ3n) is 3.22. The van der Waals surface area contributed by atoms with E-state index in [-0.39, 0.29) is 6.04 Å². The number of nitrogens with zero attached hydrogens (tertiary/aromatic N) is 2. The molecule has 0 saturated heterocycles. The van der Waals surface area contributed by atoms with Gasteiger partial charge in [0.25, 0.3) is 0 Å². The number of aromatic nitrogens is 1. The second kappa shape index (κ2) is 8.70. The first-order chi connectivity index (χ1) is 10.7. The second-order valence-electron chi connectivity index (χ2n) is 5.18. The zero-order valence-electron chi connectivity index (χ0n) is 13.4. The number of rotatable bonds is 7. The lowest BCUT2D eigenvalue weighted by molar-refractivity contribution is 0.179. The summed E-state index contributed by atoms with van der Waals surface area (Å²) in [6.45, 7) is 3.60. The average Bonchev–Trinajstić information content (AvgIpc) is 2.93. The monoisotopic (exact) mass is 320 g/mol. The van der Waals surface area contributed by atoms with Gasteiger partial charge in [-0.1, -0.05) is 12.1 Å². The van der Waals surface area contributed by atoms with Crippen LogP contribution in [0, 0.1) is 0 Å². The summed E-state index contributed by atoms with van der Waals surface area (Å²) in [6.07, 6.45) is 2.01. The molecule has 1 aromatic heterocycles. The normalized spacial score (nSPS) is 13.3. The quantitative estimate of drug-likeness (QED) is 0.467. The molecule has 0 saturated carbocycles. The highest BCUT2D eigenvalue weighted by molar-refractivity contribution is 7.18. The van der Waals surface area contributed by atoms with E-state index in [9.17, 15) is 0 Å². The minimum absolute atomic E-state index is 0.237. The molecule has 5 nitrogen and oxygen atoms in total. The maximum Gasteiger partial charge on any atom is 0.191 e. The van der Waals surface area contributed by atoms with Crippen LogP contribution in [-0.4, -0.2) is 44.3 Å². The molecule has 120 valence electrons. The molecule has 0 radical (unpaired) electrons. The first-order valence-corrected chi connectivity index (χ1v) is 8.35. The van der Waals surface area contributed by atoms with E-state index in [1.54, 1.807) is 25.5 Å². The van der Waals surface area contributed by atoms with E-state index in [2.05, 4.69) is 45.7 Å². The molecule has 6 heteroatoms. The van der Waals surface area contributed by atoms with E-state index in [4.69, 9.17) is 4.74 Å². The third kappa shape index (κ3) is 4.96. The number of thiazole rings is 1. The molecule has 1 heterocycles. The predicted octanol–water partition coefficient (Wildman–Crippen LogP) is 2.43. The molecule has 0 fully saturated rings. The Balaban J connectivity index is 1.73. The molecule has 2 aromatic rings. The maximum atomic E-state index is 5.11. The largest absolute Gasteiger partial charge is 0.383 e. The van der Waals surface area contributed by atoms with Crippen molar-refractivity contribution in [1.82, 2.24) is 15.6 Å². The Morgan fingerprint density at radius 2 is 2.23 bits per heavy atom. The minimum atomic E-state index is 0.237. The lowest BCUT2D eigenvalue weighted by atomic mass is 10.3. The van der Waals surface area contributed by atoms with E-state index in [0.29, 0.717) is 6.61 Å². The van der Waals surface area contributed by atoms with E-state index in [1.807, 2.05) is 6.07 Å². The molecular weight excluding hydrogens is 296 g/mol. The van der Waals surface area contributed by atoms with Crippen LogP contribution in [0.5, 0.6) is 0 Å². The average molecular weight is 320 g/mol. The van der Waals surface area contributed by atoms with Crippen molar-refractivity contribution in [3.8, 4) is 0 Å². The third-order valence-corrected chi connectivity index (χ3v) is 4.32. The van der Waals surface area contributed by atoms with Gasteiger partial charge in [0.15, 0.2) is 5.96 Å². The fourth-order valence-electron chi connectivity index (χ4n) is 2.19. The topological polar surface area (TPSA) is 58.5 Å². The Morgan fingerprint density at radius 1 is 1.41 bits per heavy atom. The van der Waals surface area contributed by atoms with Crippen molar-refractivity contribution in [2.24, 2.45) is 4.99 Å². The van der Waals surface area contributed by atoms with Gasteiger partial charge in [-0.25, -0.2) is 4.98 Å². The van der Waals surface area contributed by atoms with Crippen LogP contribution in [0.1, 0.15) is 18.4 Å². The molecule has 0 aliphatic carbocycles. The van der Waals surface area contributed by atoms with Gasteiger partial charge in [-0.2, -0.15) is 0 Å². The van der Waals surface area contributed by atoms with Gasteiger partial charge in [-0.3, -0.25) is 4.99 Å². The summed E-state index contributed by atoms with van der Waals surface area (Å²) in [7, 11) is 3.48. The van der Waals surface area contributed by atoms with Crippen molar-refractivity contribution in [1.29, 1.82) is 0 Å². The Kier molecular flexibility index (Phi) is 6.61. The molecule has 0 aliphatic rings. The lowest BCUT2D eigenvalue weighted by Crippen LogP contribution is -2.44. The van der Waals surface area contributed by atoms with Crippen LogP contribution >= 0.6 is 11.3 Å². The molecule has 22 heavy (non-hydrogen) atoms.